The van der Waals surface area contributed by atoms with Crippen molar-refractivity contribution < 1.29 is 9.53 Å². The summed E-state index contributed by atoms with van der Waals surface area (Å²) in [4.78, 5) is 19.2. The molecule has 2 amide bonds. The number of nitrogens with zero attached hydrogens (tertiary/aromatic N) is 3. The maximum absolute atomic E-state index is 12.1. The standard InChI is InChI=1S/C21H34N4O2/c1-27-16-9-22-21(26)25-10-7-20(8-11-25)18-24-14-12-23(13-15-24)17-19-5-3-2-4-6-19/h2-6,20H,7-18H2,1H3,(H,22,26). The van der Waals surface area contributed by atoms with Gasteiger partial charge in [-0.25, -0.2) is 4.79 Å². The topological polar surface area (TPSA) is 48.1 Å². The number of likely N-dealkylation sites (tertiary alicyclic amines) is 1. The fraction of sp³-hybridized carbons (Fsp3) is 0.667. The number of ether oxygens (including phenoxy) is 1. The first kappa shape index (κ1) is 20.1. The summed E-state index contributed by atoms with van der Waals surface area (Å²) in [5.41, 5.74) is 1.40. The molecule has 1 aromatic rings. The Bertz CT molecular complexity index is 553. The molecule has 2 saturated heterocycles. The lowest BCUT2D eigenvalue weighted by Gasteiger charge is -2.39. The molecule has 2 heterocycles. The van der Waals surface area contributed by atoms with Crippen molar-refractivity contribution in [3.63, 3.8) is 0 Å². The van der Waals surface area contributed by atoms with E-state index in [9.17, 15) is 4.79 Å². The third-order valence-corrected chi connectivity index (χ3v) is 5.71. The zero-order valence-electron chi connectivity index (χ0n) is 16.6. The minimum Gasteiger partial charge on any atom is -0.383 e. The Morgan fingerprint density at radius 2 is 1.70 bits per heavy atom. The normalized spacial score (nSPS) is 20.0. The summed E-state index contributed by atoms with van der Waals surface area (Å²) in [7, 11) is 1.65. The van der Waals surface area contributed by atoms with Crippen molar-refractivity contribution in [3.05, 3.63) is 35.9 Å². The van der Waals surface area contributed by atoms with Crippen LogP contribution in [0.5, 0.6) is 0 Å². The lowest BCUT2D eigenvalue weighted by molar-refractivity contribution is 0.0957. The number of carbonyl (C=O) groups excluding carboxylic acids is 1. The minimum atomic E-state index is 0.0556. The third-order valence-electron chi connectivity index (χ3n) is 5.71. The first-order valence-electron chi connectivity index (χ1n) is 10.2. The van der Waals surface area contributed by atoms with E-state index >= 15 is 0 Å². The van der Waals surface area contributed by atoms with Crippen LogP contribution in [-0.2, 0) is 11.3 Å². The first-order chi connectivity index (χ1) is 13.2. The molecule has 1 aromatic carbocycles. The second-order valence-electron chi connectivity index (χ2n) is 7.72. The molecular formula is C21H34N4O2. The highest BCUT2D eigenvalue weighted by atomic mass is 16.5. The summed E-state index contributed by atoms with van der Waals surface area (Å²) < 4.78 is 4.98. The fourth-order valence-corrected chi connectivity index (χ4v) is 4.03. The van der Waals surface area contributed by atoms with Crippen LogP contribution in [0.25, 0.3) is 0 Å². The van der Waals surface area contributed by atoms with Gasteiger partial charge in [0, 0.05) is 66.0 Å². The molecule has 1 N–H and O–H groups in total. The van der Waals surface area contributed by atoms with Crippen molar-refractivity contribution in [2.24, 2.45) is 5.92 Å². The first-order valence-corrected chi connectivity index (χ1v) is 10.2. The second kappa shape index (κ2) is 10.6. The highest BCUT2D eigenvalue weighted by Gasteiger charge is 2.25. The average Bonchev–Trinajstić information content (AvgIpc) is 2.71. The molecule has 0 bridgehead atoms. The average molecular weight is 375 g/mol. The minimum absolute atomic E-state index is 0.0556. The van der Waals surface area contributed by atoms with Gasteiger partial charge >= 0.3 is 6.03 Å². The van der Waals surface area contributed by atoms with Crippen LogP contribution in [0.4, 0.5) is 4.79 Å². The number of nitrogens with one attached hydrogen (secondary N) is 1. The zero-order valence-corrected chi connectivity index (χ0v) is 16.6. The van der Waals surface area contributed by atoms with Crippen LogP contribution in [0.1, 0.15) is 18.4 Å². The predicted molar refractivity (Wildman–Crippen MR) is 108 cm³/mol. The van der Waals surface area contributed by atoms with Crippen LogP contribution >= 0.6 is 0 Å². The number of hydrogen-bond donors (Lipinski definition) is 1. The Labute approximate surface area is 163 Å². The number of benzene rings is 1. The number of hydrogen-bond acceptors (Lipinski definition) is 4. The van der Waals surface area contributed by atoms with Crippen LogP contribution in [0.3, 0.4) is 0 Å². The molecule has 150 valence electrons. The molecule has 6 heteroatoms. The summed E-state index contributed by atoms with van der Waals surface area (Å²) >= 11 is 0. The molecule has 0 spiro atoms. The Kier molecular flexibility index (Phi) is 7.93. The quantitative estimate of drug-likeness (QED) is 0.741. The molecule has 2 aliphatic heterocycles. The van der Waals surface area contributed by atoms with Crippen LogP contribution in [0, 0.1) is 5.92 Å². The SMILES string of the molecule is COCCNC(=O)N1CCC(CN2CCN(Cc3ccccc3)CC2)CC1. The fourth-order valence-electron chi connectivity index (χ4n) is 4.03. The number of carbonyl (C=O) groups is 1. The van der Waals surface area contributed by atoms with Crippen molar-refractivity contribution in [3.8, 4) is 0 Å². The molecule has 6 nitrogen and oxygen atoms in total. The van der Waals surface area contributed by atoms with Gasteiger partial charge in [0.25, 0.3) is 0 Å². The Hall–Kier alpha value is -1.63. The van der Waals surface area contributed by atoms with Gasteiger partial charge in [-0.3, -0.25) is 4.90 Å². The van der Waals surface area contributed by atoms with Gasteiger partial charge < -0.3 is 19.9 Å². The van der Waals surface area contributed by atoms with Gasteiger partial charge in [0.1, 0.15) is 0 Å². The van der Waals surface area contributed by atoms with Gasteiger partial charge in [0.15, 0.2) is 0 Å². The summed E-state index contributed by atoms with van der Waals surface area (Å²) in [6.45, 7) is 9.75. The largest absolute Gasteiger partial charge is 0.383 e. The number of urea groups is 1. The van der Waals surface area contributed by atoms with Gasteiger partial charge in [0.05, 0.1) is 6.61 Å². The molecule has 0 radical (unpaired) electrons. The number of amides is 2. The van der Waals surface area contributed by atoms with E-state index in [2.05, 4.69) is 45.4 Å². The molecule has 2 fully saturated rings. The highest BCUT2D eigenvalue weighted by molar-refractivity contribution is 5.74. The molecule has 27 heavy (non-hydrogen) atoms. The molecule has 0 aromatic heterocycles. The van der Waals surface area contributed by atoms with Crippen LogP contribution < -0.4 is 5.32 Å². The van der Waals surface area contributed by atoms with E-state index in [1.54, 1.807) is 7.11 Å². The van der Waals surface area contributed by atoms with E-state index in [-0.39, 0.29) is 6.03 Å². The van der Waals surface area contributed by atoms with Gasteiger partial charge in [-0.05, 0) is 24.3 Å². The molecule has 0 atom stereocenters. The molecule has 2 aliphatic rings. The monoisotopic (exact) mass is 374 g/mol. The molecule has 0 aliphatic carbocycles. The maximum atomic E-state index is 12.1. The number of methoxy groups -OCH3 is 1. The lowest BCUT2D eigenvalue weighted by Crippen LogP contribution is -2.49. The van der Waals surface area contributed by atoms with Crippen LogP contribution in [0.2, 0.25) is 0 Å². The van der Waals surface area contributed by atoms with Crippen molar-refractivity contribution >= 4 is 6.03 Å². The Balaban J connectivity index is 1.31. The van der Waals surface area contributed by atoms with E-state index in [1.807, 2.05) is 4.90 Å². The van der Waals surface area contributed by atoms with Gasteiger partial charge in [0.2, 0.25) is 0 Å². The van der Waals surface area contributed by atoms with Gasteiger partial charge in [-0.15, -0.1) is 0 Å². The second-order valence-corrected chi connectivity index (χ2v) is 7.72. The maximum Gasteiger partial charge on any atom is 0.317 e. The highest BCUT2D eigenvalue weighted by Crippen LogP contribution is 2.19. The van der Waals surface area contributed by atoms with Crippen molar-refractivity contribution in [1.29, 1.82) is 0 Å². The lowest BCUT2D eigenvalue weighted by atomic mass is 9.96. The predicted octanol–water partition coefficient (Wildman–Crippen LogP) is 1.87. The smallest absolute Gasteiger partial charge is 0.317 e. The van der Waals surface area contributed by atoms with Gasteiger partial charge in [-0.1, -0.05) is 30.3 Å². The molecule has 3 rings (SSSR count). The molecular weight excluding hydrogens is 340 g/mol. The number of piperidine rings is 1. The molecule has 0 saturated carbocycles. The summed E-state index contributed by atoms with van der Waals surface area (Å²) in [5.74, 6) is 0.716. The van der Waals surface area contributed by atoms with Crippen LogP contribution in [0.15, 0.2) is 30.3 Å². The van der Waals surface area contributed by atoms with Crippen molar-refractivity contribution in [1.82, 2.24) is 20.0 Å². The molecule has 0 unspecified atom stereocenters. The Morgan fingerprint density at radius 3 is 2.37 bits per heavy atom. The summed E-state index contributed by atoms with van der Waals surface area (Å²) in [5, 5.41) is 2.92. The number of piperazine rings is 1. The van der Waals surface area contributed by atoms with E-state index < -0.39 is 0 Å². The third kappa shape index (κ3) is 6.48. The summed E-state index contributed by atoms with van der Waals surface area (Å²) in [6, 6.07) is 10.8. The van der Waals surface area contributed by atoms with Crippen LogP contribution in [-0.4, -0.2) is 86.8 Å². The zero-order chi connectivity index (χ0) is 18.9. The van der Waals surface area contributed by atoms with E-state index in [1.165, 1.54) is 12.1 Å². The van der Waals surface area contributed by atoms with Crippen molar-refractivity contribution in [2.75, 3.05) is 66.1 Å². The Morgan fingerprint density at radius 1 is 1.04 bits per heavy atom. The number of rotatable bonds is 7. The van der Waals surface area contributed by atoms with E-state index in [0.29, 0.717) is 19.1 Å². The van der Waals surface area contributed by atoms with Crippen molar-refractivity contribution in [2.45, 2.75) is 19.4 Å². The van der Waals surface area contributed by atoms with Gasteiger partial charge in [-0.2, -0.15) is 0 Å². The van der Waals surface area contributed by atoms with E-state index in [0.717, 1.165) is 58.7 Å². The summed E-state index contributed by atoms with van der Waals surface area (Å²) in [6.07, 6.45) is 2.23. The van der Waals surface area contributed by atoms with E-state index in [4.69, 9.17) is 4.74 Å².